The summed E-state index contributed by atoms with van der Waals surface area (Å²) in [6.07, 6.45) is 5.68. The number of nitrogens with one attached hydrogen (secondary N) is 2. The third-order valence-electron chi connectivity index (χ3n) is 5.34. The quantitative estimate of drug-likeness (QED) is 0.542. The predicted octanol–water partition coefficient (Wildman–Crippen LogP) is 5.17. The van der Waals surface area contributed by atoms with E-state index < -0.39 is 0 Å². The Labute approximate surface area is 170 Å². The first-order valence-electron chi connectivity index (χ1n) is 9.76. The zero-order valence-electron chi connectivity index (χ0n) is 16.0. The molecule has 4 rings (SSSR count). The Morgan fingerprint density at radius 2 is 1.82 bits per heavy atom. The minimum absolute atomic E-state index is 0.131. The molecule has 1 unspecified atom stereocenters. The molecule has 1 aliphatic carbocycles. The average Bonchev–Trinajstić information content (AvgIpc) is 3.38. The van der Waals surface area contributed by atoms with Crippen molar-refractivity contribution in [2.75, 3.05) is 7.11 Å². The number of benzene rings is 2. The van der Waals surface area contributed by atoms with Gasteiger partial charge in [-0.3, -0.25) is 10.2 Å². The maximum Gasteiger partial charge on any atom is 0.213 e. The molecule has 28 heavy (non-hydrogen) atoms. The molecule has 5 nitrogen and oxygen atoms in total. The summed E-state index contributed by atoms with van der Waals surface area (Å²) in [4.78, 5) is 4.39. The highest BCUT2D eigenvalue weighted by molar-refractivity contribution is 7.71. The van der Waals surface area contributed by atoms with Crippen LogP contribution in [0.15, 0.2) is 48.5 Å². The van der Waals surface area contributed by atoms with Crippen LogP contribution in [0, 0.1) is 4.77 Å². The van der Waals surface area contributed by atoms with Crippen molar-refractivity contribution in [3.05, 3.63) is 70.3 Å². The third kappa shape index (κ3) is 4.28. The molecule has 0 aliphatic heterocycles. The Morgan fingerprint density at radius 3 is 2.50 bits per heavy atom. The fourth-order valence-corrected chi connectivity index (χ4v) is 4.06. The highest BCUT2D eigenvalue weighted by atomic mass is 32.1. The van der Waals surface area contributed by atoms with Gasteiger partial charge in [0.2, 0.25) is 4.77 Å². The highest BCUT2D eigenvalue weighted by Crippen LogP contribution is 2.37. The smallest absolute Gasteiger partial charge is 0.213 e. The summed E-state index contributed by atoms with van der Waals surface area (Å²) in [5.74, 6) is 2.57. The van der Waals surface area contributed by atoms with Crippen LogP contribution >= 0.6 is 12.2 Å². The first kappa shape index (κ1) is 18.7. The summed E-state index contributed by atoms with van der Waals surface area (Å²) >= 11 is 5.12. The van der Waals surface area contributed by atoms with Crippen molar-refractivity contribution in [3.63, 3.8) is 0 Å². The van der Waals surface area contributed by atoms with Gasteiger partial charge in [0.1, 0.15) is 5.82 Å². The Bertz CT molecular complexity index is 961. The molecule has 3 aromatic rings. The van der Waals surface area contributed by atoms with Gasteiger partial charge in [0.25, 0.3) is 0 Å². The van der Waals surface area contributed by atoms with Gasteiger partial charge in [0.05, 0.1) is 13.2 Å². The molecule has 1 fully saturated rings. The van der Waals surface area contributed by atoms with Gasteiger partial charge in [-0.15, -0.1) is 0 Å². The van der Waals surface area contributed by atoms with E-state index in [0.29, 0.717) is 11.2 Å². The van der Waals surface area contributed by atoms with Gasteiger partial charge in [-0.2, -0.15) is 0 Å². The molecule has 1 aliphatic rings. The minimum atomic E-state index is 0.131. The summed E-state index contributed by atoms with van der Waals surface area (Å²) in [5.41, 5.74) is 2.39. The number of ether oxygens (including phenoxy) is 2. The van der Waals surface area contributed by atoms with Crippen LogP contribution in [0.1, 0.15) is 48.6 Å². The molecule has 0 saturated heterocycles. The van der Waals surface area contributed by atoms with Gasteiger partial charge in [0.15, 0.2) is 11.5 Å². The number of hydrogen-bond donors (Lipinski definition) is 2. The zero-order valence-corrected chi connectivity index (χ0v) is 16.8. The van der Waals surface area contributed by atoms with Gasteiger partial charge in [-0.05, 0) is 61.2 Å². The molecule has 1 heterocycles. The lowest BCUT2D eigenvalue weighted by Crippen LogP contribution is -2.13. The van der Waals surface area contributed by atoms with Gasteiger partial charge in [-0.1, -0.05) is 36.4 Å². The van der Waals surface area contributed by atoms with Gasteiger partial charge in [-0.25, -0.2) is 4.98 Å². The van der Waals surface area contributed by atoms with Crippen LogP contribution < -0.4 is 9.47 Å². The Kier molecular flexibility index (Phi) is 5.76. The molecular weight excluding hydrogens is 370 g/mol. The summed E-state index contributed by atoms with van der Waals surface area (Å²) in [7, 11) is 1.69. The van der Waals surface area contributed by atoms with Crippen LogP contribution in [0.2, 0.25) is 0 Å². The number of H-pyrrole nitrogens is 2. The van der Waals surface area contributed by atoms with Crippen molar-refractivity contribution in [2.24, 2.45) is 0 Å². The fourth-order valence-electron chi connectivity index (χ4n) is 3.90. The molecule has 6 heteroatoms. The van der Waals surface area contributed by atoms with Crippen LogP contribution in [0.5, 0.6) is 11.5 Å². The number of methoxy groups -OCH3 is 1. The summed E-state index contributed by atoms with van der Waals surface area (Å²) in [6, 6.07) is 16.7. The van der Waals surface area contributed by atoms with E-state index in [4.69, 9.17) is 21.7 Å². The highest BCUT2D eigenvalue weighted by Gasteiger charge is 2.22. The van der Waals surface area contributed by atoms with Crippen molar-refractivity contribution in [1.82, 2.24) is 15.2 Å². The molecule has 0 spiro atoms. The Balaban J connectivity index is 1.69. The zero-order chi connectivity index (χ0) is 19.3. The van der Waals surface area contributed by atoms with Crippen molar-refractivity contribution in [3.8, 4) is 11.5 Å². The molecule has 0 amide bonds. The molecular formula is C22H25N3O2S. The predicted molar refractivity (Wildman–Crippen MR) is 112 cm³/mol. The van der Waals surface area contributed by atoms with E-state index >= 15 is 0 Å². The average molecular weight is 396 g/mol. The van der Waals surface area contributed by atoms with E-state index in [-0.39, 0.29) is 12.0 Å². The second kappa shape index (κ2) is 8.61. The van der Waals surface area contributed by atoms with Crippen molar-refractivity contribution in [1.29, 1.82) is 0 Å². The summed E-state index contributed by atoms with van der Waals surface area (Å²) < 4.78 is 12.3. The Morgan fingerprint density at radius 1 is 1.04 bits per heavy atom. The van der Waals surface area contributed by atoms with Crippen molar-refractivity contribution in [2.45, 2.75) is 44.1 Å². The molecule has 2 aromatic carbocycles. The van der Waals surface area contributed by atoms with Crippen LogP contribution in [0.3, 0.4) is 0 Å². The van der Waals surface area contributed by atoms with Crippen LogP contribution in [0.4, 0.5) is 0 Å². The summed E-state index contributed by atoms with van der Waals surface area (Å²) in [6.45, 7) is 0. The van der Waals surface area contributed by atoms with Crippen molar-refractivity contribution < 1.29 is 9.47 Å². The van der Waals surface area contributed by atoms with Gasteiger partial charge < -0.3 is 9.47 Å². The van der Waals surface area contributed by atoms with Crippen LogP contribution in [0.25, 0.3) is 0 Å². The van der Waals surface area contributed by atoms with E-state index in [1.807, 2.05) is 12.1 Å². The largest absolute Gasteiger partial charge is 0.493 e. The Hall–Kier alpha value is -2.60. The molecule has 1 atom stereocenters. The summed E-state index contributed by atoms with van der Waals surface area (Å²) in [5, 5.41) is 5.96. The molecule has 0 bridgehead atoms. The van der Waals surface area contributed by atoms with Crippen LogP contribution in [-0.2, 0) is 6.42 Å². The second-order valence-corrected chi connectivity index (χ2v) is 7.60. The second-order valence-electron chi connectivity index (χ2n) is 7.22. The lowest BCUT2D eigenvalue weighted by atomic mass is 9.88. The lowest BCUT2D eigenvalue weighted by molar-refractivity contribution is 0.200. The molecule has 1 saturated carbocycles. The first-order chi connectivity index (χ1) is 13.7. The van der Waals surface area contributed by atoms with Crippen molar-refractivity contribution >= 4 is 12.2 Å². The molecule has 146 valence electrons. The van der Waals surface area contributed by atoms with Gasteiger partial charge in [0, 0.05) is 12.3 Å². The van der Waals surface area contributed by atoms with E-state index in [0.717, 1.165) is 30.2 Å². The van der Waals surface area contributed by atoms with E-state index in [1.165, 1.54) is 24.0 Å². The monoisotopic (exact) mass is 395 g/mol. The maximum absolute atomic E-state index is 6.31. The molecule has 2 N–H and O–H groups in total. The van der Waals surface area contributed by atoms with Gasteiger partial charge >= 0.3 is 0 Å². The van der Waals surface area contributed by atoms with E-state index in [1.54, 1.807) is 7.11 Å². The van der Waals surface area contributed by atoms with E-state index in [2.05, 4.69) is 51.6 Å². The normalized spacial score (nSPS) is 15.5. The standard InChI is InChI=1S/C22H25N3O2S/c1-26-19-12-11-16(13-20(19)27-17-9-5-6-10-17)18(15-7-3-2-4-8-15)14-21-23-22(28)25-24-21/h2-4,7-8,11-13,17-18H,5-6,9-10,14H2,1H3,(H2,23,24,25,28). The molecule has 1 aromatic heterocycles. The van der Waals surface area contributed by atoms with Crippen LogP contribution in [-0.4, -0.2) is 28.4 Å². The topological polar surface area (TPSA) is 62.9 Å². The minimum Gasteiger partial charge on any atom is -0.493 e. The number of aromatic nitrogens is 3. The number of nitrogens with zero attached hydrogens (tertiary/aromatic N) is 1. The number of hydrogen-bond acceptors (Lipinski definition) is 4. The molecule has 0 radical (unpaired) electrons. The third-order valence-corrected chi connectivity index (χ3v) is 5.53. The fraction of sp³-hybridized carbons (Fsp3) is 0.364. The number of aromatic amines is 2. The lowest BCUT2D eigenvalue weighted by Gasteiger charge is -2.21. The van der Waals surface area contributed by atoms with E-state index in [9.17, 15) is 0 Å². The maximum atomic E-state index is 6.31. The first-order valence-corrected chi connectivity index (χ1v) is 10.2. The number of rotatable bonds is 7. The SMILES string of the molecule is COc1ccc(C(Cc2nc(=S)[nH][nH]2)c2ccccc2)cc1OC1CCCC1.